The van der Waals surface area contributed by atoms with Gasteiger partial charge in [0.05, 0.1) is 32.3 Å². The monoisotopic (exact) mass is 1880 g/mol. The first-order valence-corrected chi connectivity index (χ1v) is 58.9. The van der Waals surface area contributed by atoms with Crippen LogP contribution in [0, 0.1) is 11.8 Å². The summed E-state index contributed by atoms with van der Waals surface area (Å²) in [5.74, 6) is 0.778. The molecule has 126 heavy (non-hydrogen) atoms. The average Bonchev–Trinajstić information content (AvgIpc) is 1.55. The van der Waals surface area contributed by atoms with E-state index in [1.54, 1.807) is 11.1 Å². The van der Waals surface area contributed by atoms with Crippen LogP contribution in [0.4, 0.5) is 0 Å². The maximum Gasteiger partial charge on any atom is 0.261 e. The van der Waals surface area contributed by atoms with Crippen molar-refractivity contribution in [2.45, 2.75) is 429 Å². The number of aryl methyl sites for hydroxylation is 4. The SMILES string of the molecule is CCCCCCCCC(CCCCCC)CN1C(=O)C2=C(c3ccc(-c4cc(CCCCCC)c(C(C)(C)C)s4)s3)N(CC(CCCCCC)CCCCCCCC)C(=O)C2=C1c1ccc(-c2cc(CCCCCC)c(-c3cc4sc(C(C)(C)C(C)(C)c5cc(CCCCCC)c(-c6sc(-c7cc8sc(C(C)(C)C)cc8s7)cc6CCCCCC)s5)cc4s3)s2)s1. The summed E-state index contributed by atoms with van der Waals surface area (Å²) in [5.41, 5.74) is 9.07. The standard InChI is InChI=1S/C112H160N2O2S10/c1-19-27-35-43-45-49-57-77(55-47-37-29-21-3)75-113-101(99-100(108(113)116)102(114(107(99)115)76-78(56-48-38-30-22-4)58-50-46-44-36-28-20-2)86-66-64-84(118-86)88-69-82(62-54-42-34-26-8)106(125-88)110(12,13)14)85-65-63-83(117-85)87-67-79(59-51-39-31-23-5)103(123-87)95-72-92-94(120-95)74-98(122-92)112(17,18)111(15,16)97-70-81(61-53-41-33-25-7)105(126-97)104-80(60-52-40-32-24-6)68-89(124-104)90-71-91-93(119-90)73-96(121-91)109(9,10)11/h63-74,77-78H,19-62,75-76H2,1-18H3. The van der Waals surface area contributed by atoms with Crippen molar-refractivity contribution >= 4 is 155 Å². The molecule has 0 aromatic carbocycles. The van der Waals surface area contributed by atoms with Crippen LogP contribution in [0.3, 0.4) is 0 Å². The van der Waals surface area contributed by atoms with Crippen LogP contribution < -0.4 is 0 Å². The number of rotatable bonds is 58. The Bertz CT molecular complexity index is 5050. The second-order valence-corrected chi connectivity index (χ2v) is 51.6. The molecule has 0 N–H and O–H groups in total. The van der Waals surface area contributed by atoms with Crippen LogP contribution in [0.5, 0.6) is 0 Å². The van der Waals surface area contributed by atoms with E-state index in [-0.39, 0.29) is 33.5 Å². The van der Waals surface area contributed by atoms with Crippen LogP contribution in [0.15, 0.2) is 83.9 Å². The molecule has 0 saturated carbocycles. The predicted molar refractivity (Wildman–Crippen MR) is 573 cm³/mol. The number of carbonyl (C=O) groups excluding carboxylic acids is 2. The van der Waals surface area contributed by atoms with E-state index in [0.717, 1.165) is 72.5 Å². The third-order valence-corrected chi connectivity index (χ3v) is 41.7. The summed E-state index contributed by atoms with van der Waals surface area (Å²) in [6.07, 6.45) is 53.6. The van der Waals surface area contributed by atoms with Gasteiger partial charge in [-0.15, -0.1) is 113 Å². The Morgan fingerprint density at radius 2 is 0.571 bits per heavy atom. The van der Waals surface area contributed by atoms with Crippen LogP contribution >= 0.6 is 113 Å². The Balaban J connectivity index is 0.922. The van der Waals surface area contributed by atoms with Crippen molar-refractivity contribution < 1.29 is 9.59 Å². The number of unbranched alkanes of at least 4 members (excludes halogenated alkanes) is 28. The highest BCUT2D eigenvalue weighted by molar-refractivity contribution is 7.33. The first-order chi connectivity index (χ1) is 60.8. The largest absolute Gasteiger partial charge is 0.306 e. The lowest BCUT2D eigenvalue weighted by Crippen LogP contribution is -2.39. The molecule has 14 heteroatoms. The van der Waals surface area contributed by atoms with Gasteiger partial charge in [0.15, 0.2) is 0 Å². The van der Waals surface area contributed by atoms with Crippen molar-refractivity contribution in [2.75, 3.05) is 13.1 Å². The fourth-order valence-electron chi connectivity index (χ4n) is 19.3. The van der Waals surface area contributed by atoms with Gasteiger partial charge in [0, 0.05) is 111 Å². The topological polar surface area (TPSA) is 40.6 Å². The predicted octanol–water partition coefficient (Wildman–Crippen LogP) is 39.8. The van der Waals surface area contributed by atoms with E-state index in [0.29, 0.717) is 36.1 Å². The molecule has 690 valence electrons. The van der Waals surface area contributed by atoms with Gasteiger partial charge in [-0.2, -0.15) is 0 Å². The summed E-state index contributed by atoms with van der Waals surface area (Å²) in [4.78, 5) is 59.9. The highest BCUT2D eigenvalue weighted by Crippen LogP contribution is 2.58. The smallest absolute Gasteiger partial charge is 0.261 e. The molecule has 0 saturated heterocycles. The van der Waals surface area contributed by atoms with E-state index in [1.807, 2.05) is 90.7 Å². The van der Waals surface area contributed by atoms with Gasteiger partial charge in [-0.05, 0) is 195 Å². The van der Waals surface area contributed by atoms with Crippen LogP contribution in [-0.4, -0.2) is 34.7 Å². The van der Waals surface area contributed by atoms with Gasteiger partial charge < -0.3 is 9.80 Å². The zero-order valence-corrected chi connectivity index (χ0v) is 89.6. The van der Waals surface area contributed by atoms with Crippen molar-refractivity contribution in [3.63, 3.8) is 0 Å². The number of hydrogen-bond acceptors (Lipinski definition) is 12. The number of fused-ring (bicyclic) bond motifs is 3. The number of carbonyl (C=O) groups is 2. The lowest BCUT2D eigenvalue weighted by Gasteiger charge is -2.40. The lowest BCUT2D eigenvalue weighted by molar-refractivity contribution is -0.124. The minimum atomic E-state index is -0.151. The van der Waals surface area contributed by atoms with Crippen molar-refractivity contribution in [1.82, 2.24) is 9.80 Å². The molecule has 0 spiro atoms. The number of thiophene rings is 10. The van der Waals surface area contributed by atoms with E-state index in [2.05, 4.69) is 230 Å². The summed E-state index contributed by atoms with van der Waals surface area (Å²) in [7, 11) is 0. The normalized spacial score (nSPS) is 14.3. The van der Waals surface area contributed by atoms with Gasteiger partial charge >= 0.3 is 0 Å². The fraction of sp³-hybridized carbons (Fsp3) is 0.625. The van der Waals surface area contributed by atoms with Crippen molar-refractivity contribution in [1.29, 1.82) is 0 Å². The van der Waals surface area contributed by atoms with E-state index in [9.17, 15) is 0 Å². The van der Waals surface area contributed by atoms with Gasteiger partial charge in [-0.3, -0.25) is 9.59 Å². The molecule has 2 unspecified atom stereocenters. The van der Waals surface area contributed by atoms with Crippen LogP contribution in [0.1, 0.15) is 433 Å². The van der Waals surface area contributed by atoms with E-state index < -0.39 is 0 Å². The molecule has 0 radical (unpaired) electrons. The number of hydrogen-bond donors (Lipinski definition) is 0. The molecule has 2 aliphatic rings. The van der Waals surface area contributed by atoms with E-state index >= 15 is 9.59 Å². The molecule has 0 aliphatic carbocycles. The first-order valence-electron chi connectivity index (χ1n) is 50.7. The molecular formula is C112H160N2O2S10. The minimum absolute atomic E-state index is 0.0293. The second-order valence-electron chi connectivity index (χ2n) is 40.9. The third kappa shape index (κ3) is 25.3. The molecule has 2 amide bonds. The molecule has 10 aromatic rings. The van der Waals surface area contributed by atoms with Gasteiger partial charge in [-0.1, -0.05) is 330 Å². The van der Waals surface area contributed by atoms with E-state index in [4.69, 9.17) is 0 Å². The van der Waals surface area contributed by atoms with Crippen molar-refractivity contribution in [3.8, 4) is 48.8 Å². The quantitative estimate of drug-likeness (QED) is 0.0357. The molecular weight excluding hydrogens is 1730 g/mol. The number of nitrogens with zero attached hydrogens (tertiary/aromatic N) is 2. The Morgan fingerprint density at radius 3 is 1.01 bits per heavy atom. The summed E-state index contributed by atoms with van der Waals surface area (Å²) in [6, 6.07) is 29.8. The zero-order chi connectivity index (χ0) is 89.7. The molecule has 12 heterocycles. The Morgan fingerprint density at radius 1 is 0.262 bits per heavy atom. The average molecular weight is 1890 g/mol. The molecule has 2 aliphatic heterocycles. The van der Waals surface area contributed by atoms with Gasteiger partial charge in [0.1, 0.15) is 0 Å². The Labute approximate surface area is 805 Å². The van der Waals surface area contributed by atoms with Crippen LogP contribution in [0.25, 0.3) is 79.0 Å². The zero-order valence-electron chi connectivity index (χ0n) is 81.4. The third-order valence-electron chi connectivity index (χ3n) is 27.8. The summed E-state index contributed by atoms with van der Waals surface area (Å²) < 4.78 is 5.67. The second kappa shape index (κ2) is 48.2. The molecule has 12 rings (SSSR count). The maximum absolute atomic E-state index is 16.8. The van der Waals surface area contributed by atoms with Crippen LogP contribution in [0.2, 0.25) is 0 Å². The molecule has 2 atom stereocenters. The van der Waals surface area contributed by atoms with Gasteiger partial charge in [0.25, 0.3) is 11.8 Å². The first kappa shape index (κ1) is 101. The summed E-state index contributed by atoms with van der Waals surface area (Å²) in [5, 5.41) is 0. The highest BCUT2D eigenvalue weighted by atomic mass is 32.1. The molecule has 10 aromatic heterocycles. The molecule has 0 bridgehead atoms. The summed E-state index contributed by atoms with van der Waals surface area (Å²) >= 11 is 19.9. The lowest BCUT2D eigenvalue weighted by atomic mass is 9.66. The summed E-state index contributed by atoms with van der Waals surface area (Å²) in [6.45, 7) is 44.3. The number of amides is 2. The molecule has 0 fully saturated rings. The maximum atomic E-state index is 16.8. The fourth-order valence-corrected chi connectivity index (χ4v) is 32.3. The Hall–Kier alpha value is -4.06. The Kier molecular flexibility index (Phi) is 38.6. The van der Waals surface area contributed by atoms with Gasteiger partial charge in [0.2, 0.25) is 0 Å². The van der Waals surface area contributed by atoms with E-state index in [1.165, 1.54) is 329 Å². The van der Waals surface area contributed by atoms with Gasteiger partial charge in [-0.25, -0.2) is 0 Å². The van der Waals surface area contributed by atoms with Crippen LogP contribution in [-0.2, 0) is 56.9 Å². The van der Waals surface area contributed by atoms with Crippen molar-refractivity contribution in [2.24, 2.45) is 11.8 Å². The minimum Gasteiger partial charge on any atom is -0.306 e. The van der Waals surface area contributed by atoms with Crippen molar-refractivity contribution in [3.05, 3.63) is 135 Å². The highest BCUT2D eigenvalue weighted by Gasteiger charge is 2.51. The molecule has 4 nitrogen and oxygen atoms in total.